The topological polar surface area (TPSA) is 58.6 Å². The first-order valence-corrected chi connectivity index (χ1v) is 7.82. The van der Waals surface area contributed by atoms with E-state index in [0.717, 1.165) is 38.6 Å². The number of piperidine rings is 1. The molecule has 1 atom stereocenters. The average Bonchev–Trinajstić information content (AvgIpc) is 2.48. The van der Waals surface area contributed by atoms with Crippen LogP contribution in [0.4, 0.5) is 0 Å². The zero-order chi connectivity index (χ0) is 14.4. The van der Waals surface area contributed by atoms with Crippen molar-refractivity contribution in [2.45, 2.75) is 63.5 Å². The van der Waals surface area contributed by atoms with Gasteiger partial charge in [-0.25, -0.2) is 0 Å². The molecule has 1 aliphatic heterocycles. The highest BCUT2D eigenvalue weighted by molar-refractivity contribution is 5.80. The minimum atomic E-state index is -0.245. The number of likely N-dealkylation sites (tertiary alicyclic amines) is 1. The third-order valence-corrected chi connectivity index (χ3v) is 4.40. The minimum Gasteiger partial charge on any atom is -0.468 e. The molecule has 5 nitrogen and oxygen atoms in total. The molecule has 0 spiro atoms. The summed E-state index contributed by atoms with van der Waals surface area (Å²) in [4.78, 5) is 25.9. The molecule has 2 fully saturated rings. The van der Waals surface area contributed by atoms with Crippen LogP contribution < -0.4 is 5.32 Å². The second-order valence-corrected chi connectivity index (χ2v) is 5.91. The van der Waals surface area contributed by atoms with E-state index in [-0.39, 0.29) is 17.9 Å². The van der Waals surface area contributed by atoms with Crippen molar-refractivity contribution in [1.82, 2.24) is 10.2 Å². The van der Waals surface area contributed by atoms with E-state index >= 15 is 0 Å². The molecule has 1 heterocycles. The molecule has 1 amide bonds. The van der Waals surface area contributed by atoms with E-state index in [2.05, 4.69) is 5.32 Å². The minimum absolute atomic E-state index is 0.0488. The first-order valence-electron chi connectivity index (χ1n) is 7.82. The van der Waals surface area contributed by atoms with Gasteiger partial charge in [0.25, 0.3) is 0 Å². The molecule has 1 saturated heterocycles. The van der Waals surface area contributed by atoms with Crippen LogP contribution in [0.25, 0.3) is 0 Å². The Hall–Kier alpha value is -1.10. The van der Waals surface area contributed by atoms with Crippen molar-refractivity contribution in [2.24, 2.45) is 0 Å². The number of rotatable bonds is 4. The van der Waals surface area contributed by atoms with Gasteiger partial charge in [0.05, 0.1) is 13.7 Å². The standard InChI is InChI=1S/C15H26N2O3/c1-20-15(19)13-9-5-6-10-17(13)11-14(18)16-12-7-3-2-4-8-12/h12-13H,2-11H2,1H3,(H,16,18)/t13-/m1/s1. The van der Waals surface area contributed by atoms with Gasteiger partial charge in [0.2, 0.25) is 5.91 Å². The van der Waals surface area contributed by atoms with Crippen LogP contribution in [0, 0.1) is 0 Å². The van der Waals surface area contributed by atoms with Crippen LogP contribution in [0.3, 0.4) is 0 Å². The fourth-order valence-corrected chi connectivity index (χ4v) is 3.29. The molecule has 114 valence electrons. The Morgan fingerprint density at radius 2 is 1.80 bits per heavy atom. The van der Waals surface area contributed by atoms with E-state index in [1.165, 1.54) is 26.4 Å². The number of methoxy groups -OCH3 is 1. The number of nitrogens with one attached hydrogen (secondary N) is 1. The van der Waals surface area contributed by atoms with Crippen molar-refractivity contribution in [3.05, 3.63) is 0 Å². The SMILES string of the molecule is COC(=O)[C@H]1CCCCN1CC(=O)NC1CCCCC1. The zero-order valence-electron chi connectivity index (χ0n) is 12.4. The molecule has 20 heavy (non-hydrogen) atoms. The molecule has 0 aromatic heterocycles. The summed E-state index contributed by atoms with van der Waals surface area (Å²) < 4.78 is 4.84. The summed E-state index contributed by atoms with van der Waals surface area (Å²) in [6, 6.07) is 0.0865. The average molecular weight is 282 g/mol. The molecule has 0 aromatic rings. The van der Waals surface area contributed by atoms with Crippen LogP contribution in [0.2, 0.25) is 0 Å². The van der Waals surface area contributed by atoms with Gasteiger partial charge in [-0.1, -0.05) is 25.7 Å². The molecule has 0 unspecified atom stereocenters. The summed E-state index contributed by atoms with van der Waals surface area (Å²) in [5.41, 5.74) is 0. The van der Waals surface area contributed by atoms with E-state index in [1.807, 2.05) is 4.90 Å². The number of hydrogen-bond acceptors (Lipinski definition) is 4. The van der Waals surface area contributed by atoms with Crippen molar-refractivity contribution < 1.29 is 14.3 Å². The van der Waals surface area contributed by atoms with Crippen molar-refractivity contribution >= 4 is 11.9 Å². The Balaban J connectivity index is 1.82. The van der Waals surface area contributed by atoms with E-state index in [9.17, 15) is 9.59 Å². The van der Waals surface area contributed by atoms with Gasteiger partial charge in [-0.15, -0.1) is 0 Å². The van der Waals surface area contributed by atoms with Crippen LogP contribution in [0.15, 0.2) is 0 Å². The second kappa shape index (κ2) is 7.62. The molecule has 1 saturated carbocycles. The molecule has 0 radical (unpaired) electrons. The van der Waals surface area contributed by atoms with Crippen LogP contribution in [0.1, 0.15) is 51.4 Å². The third kappa shape index (κ3) is 4.20. The summed E-state index contributed by atoms with van der Waals surface area (Å²) in [6.45, 7) is 1.12. The number of nitrogens with zero attached hydrogens (tertiary/aromatic N) is 1. The molecule has 1 N–H and O–H groups in total. The zero-order valence-corrected chi connectivity index (χ0v) is 12.4. The highest BCUT2D eigenvalue weighted by Crippen LogP contribution is 2.19. The number of carbonyl (C=O) groups is 2. The maximum absolute atomic E-state index is 12.1. The van der Waals surface area contributed by atoms with Crippen LogP contribution >= 0.6 is 0 Å². The Morgan fingerprint density at radius 3 is 2.50 bits per heavy atom. The second-order valence-electron chi connectivity index (χ2n) is 5.91. The van der Waals surface area contributed by atoms with Crippen molar-refractivity contribution in [3.63, 3.8) is 0 Å². The number of amides is 1. The summed E-state index contributed by atoms with van der Waals surface area (Å²) in [5, 5.41) is 3.11. The monoisotopic (exact) mass is 282 g/mol. The summed E-state index contributed by atoms with van der Waals surface area (Å²) in [6.07, 6.45) is 8.74. The molecule has 2 aliphatic rings. The first kappa shape index (κ1) is 15.3. The lowest BCUT2D eigenvalue weighted by molar-refractivity contribution is -0.148. The van der Waals surface area contributed by atoms with E-state index in [4.69, 9.17) is 4.74 Å². The lowest BCUT2D eigenvalue weighted by atomic mass is 9.95. The van der Waals surface area contributed by atoms with Crippen molar-refractivity contribution in [2.75, 3.05) is 20.2 Å². The molecule has 2 rings (SSSR count). The predicted molar refractivity (Wildman–Crippen MR) is 76.2 cm³/mol. The fraction of sp³-hybridized carbons (Fsp3) is 0.867. The molecule has 0 aromatic carbocycles. The molecule has 5 heteroatoms. The van der Waals surface area contributed by atoms with Crippen molar-refractivity contribution in [3.8, 4) is 0 Å². The Labute approximate surface area is 121 Å². The Bertz CT molecular complexity index is 340. The molecule has 1 aliphatic carbocycles. The largest absolute Gasteiger partial charge is 0.468 e. The van der Waals surface area contributed by atoms with E-state index < -0.39 is 0 Å². The number of hydrogen-bond donors (Lipinski definition) is 1. The predicted octanol–water partition coefficient (Wildman–Crippen LogP) is 1.46. The number of esters is 1. The Kier molecular flexibility index (Phi) is 5.83. The normalized spacial score (nSPS) is 25.1. The van der Waals surface area contributed by atoms with E-state index in [0.29, 0.717) is 12.6 Å². The quantitative estimate of drug-likeness (QED) is 0.793. The molecular formula is C15H26N2O3. The van der Waals surface area contributed by atoms with Gasteiger partial charge in [-0.3, -0.25) is 14.5 Å². The highest BCUT2D eigenvalue weighted by Gasteiger charge is 2.31. The summed E-state index contributed by atoms with van der Waals surface area (Å²) >= 11 is 0. The fourth-order valence-electron chi connectivity index (χ4n) is 3.29. The number of carbonyl (C=O) groups excluding carboxylic acids is 2. The van der Waals surface area contributed by atoms with Crippen LogP contribution in [0.5, 0.6) is 0 Å². The van der Waals surface area contributed by atoms with Gasteiger partial charge >= 0.3 is 5.97 Å². The van der Waals surface area contributed by atoms with Crippen LogP contribution in [-0.2, 0) is 14.3 Å². The maximum atomic E-state index is 12.1. The summed E-state index contributed by atoms with van der Waals surface area (Å²) in [7, 11) is 1.41. The molecular weight excluding hydrogens is 256 g/mol. The smallest absolute Gasteiger partial charge is 0.323 e. The van der Waals surface area contributed by atoms with Gasteiger partial charge in [0, 0.05) is 6.04 Å². The van der Waals surface area contributed by atoms with Crippen LogP contribution in [-0.4, -0.2) is 49.1 Å². The highest BCUT2D eigenvalue weighted by atomic mass is 16.5. The summed E-state index contributed by atoms with van der Waals surface area (Å²) in [5.74, 6) is -0.164. The van der Waals surface area contributed by atoms with Crippen molar-refractivity contribution in [1.29, 1.82) is 0 Å². The van der Waals surface area contributed by atoms with Gasteiger partial charge in [0.1, 0.15) is 6.04 Å². The number of ether oxygens (including phenoxy) is 1. The molecule has 0 bridgehead atoms. The van der Waals surface area contributed by atoms with Gasteiger partial charge in [-0.05, 0) is 32.2 Å². The van der Waals surface area contributed by atoms with Gasteiger partial charge in [-0.2, -0.15) is 0 Å². The van der Waals surface area contributed by atoms with Gasteiger partial charge < -0.3 is 10.1 Å². The third-order valence-electron chi connectivity index (χ3n) is 4.40. The lowest BCUT2D eigenvalue weighted by Gasteiger charge is -2.33. The lowest BCUT2D eigenvalue weighted by Crippen LogP contribution is -2.50. The van der Waals surface area contributed by atoms with Gasteiger partial charge in [0.15, 0.2) is 0 Å². The van der Waals surface area contributed by atoms with E-state index in [1.54, 1.807) is 0 Å². The Morgan fingerprint density at radius 1 is 1.10 bits per heavy atom. The first-order chi connectivity index (χ1) is 9.70. The maximum Gasteiger partial charge on any atom is 0.323 e.